The minimum Gasteiger partial charge on any atom is -0.497 e. The molecule has 0 radical (unpaired) electrons. The van der Waals surface area contributed by atoms with Gasteiger partial charge in [0.05, 0.1) is 7.11 Å². The summed E-state index contributed by atoms with van der Waals surface area (Å²) in [6.07, 6.45) is 1.34. The van der Waals surface area contributed by atoms with E-state index in [0.29, 0.717) is 22.6 Å². The number of methoxy groups -OCH3 is 1. The predicted molar refractivity (Wildman–Crippen MR) is 133 cm³/mol. The first-order valence-corrected chi connectivity index (χ1v) is 12.5. The van der Waals surface area contributed by atoms with Crippen molar-refractivity contribution in [1.29, 1.82) is 0 Å². The highest BCUT2D eigenvalue weighted by Crippen LogP contribution is 2.25. The number of ether oxygens (including phenoxy) is 2. The number of carbonyl (C=O) groups excluding carboxylic acids is 1. The van der Waals surface area contributed by atoms with Crippen LogP contribution in [0.5, 0.6) is 11.5 Å². The van der Waals surface area contributed by atoms with Gasteiger partial charge in [-0.2, -0.15) is 8.42 Å². The normalized spacial score (nSPS) is 11.2. The molecule has 2 aromatic carbocycles. The van der Waals surface area contributed by atoms with Crippen molar-refractivity contribution in [1.82, 2.24) is 9.71 Å². The molecule has 0 unspecified atom stereocenters. The number of carbonyl (C=O) groups is 1. The average molecular weight is 508 g/mol. The minimum atomic E-state index is -4.17. The van der Waals surface area contributed by atoms with E-state index in [1.54, 1.807) is 14.0 Å². The summed E-state index contributed by atoms with van der Waals surface area (Å²) in [5.74, 6) is 0.810. The van der Waals surface area contributed by atoms with Crippen molar-refractivity contribution in [3.8, 4) is 22.6 Å². The van der Waals surface area contributed by atoms with Crippen molar-refractivity contribution in [2.24, 2.45) is 5.73 Å². The number of nitrogens with two attached hydrogens (primary N) is 1. The second-order valence-corrected chi connectivity index (χ2v) is 9.51. The van der Waals surface area contributed by atoms with E-state index in [2.05, 4.69) is 4.98 Å². The number of benzene rings is 2. The SMILES string of the molecule is COc1ccc(-c2ccc(OCc3cc(C(=O)NS(=O)(=O)c4ccc(CN)cn4)oc3C)cc2)cc1. The molecule has 2 heterocycles. The molecule has 0 bridgehead atoms. The lowest BCUT2D eigenvalue weighted by atomic mass is 10.1. The van der Waals surface area contributed by atoms with Crippen LogP contribution in [0.25, 0.3) is 11.1 Å². The monoisotopic (exact) mass is 507 g/mol. The first-order chi connectivity index (χ1) is 17.3. The van der Waals surface area contributed by atoms with Gasteiger partial charge in [-0.25, -0.2) is 9.71 Å². The van der Waals surface area contributed by atoms with Crippen LogP contribution in [0.2, 0.25) is 0 Å². The van der Waals surface area contributed by atoms with Gasteiger partial charge in [-0.15, -0.1) is 0 Å². The molecule has 4 aromatic rings. The number of pyridine rings is 1. The number of aromatic nitrogens is 1. The molecule has 0 atom stereocenters. The zero-order chi connectivity index (χ0) is 25.7. The van der Waals surface area contributed by atoms with Crippen LogP contribution in [0, 0.1) is 6.92 Å². The molecular weight excluding hydrogens is 482 g/mol. The third-order valence-corrected chi connectivity index (χ3v) is 6.70. The van der Waals surface area contributed by atoms with Crippen LogP contribution in [-0.2, 0) is 23.2 Å². The van der Waals surface area contributed by atoms with Gasteiger partial charge in [0.15, 0.2) is 10.8 Å². The number of amides is 1. The van der Waals surface area contributed by atoms with Crippen LogP contribution in [0.3, 0.4) is 0 Å². The van der Waals surface area contributed by atoms with E-state index in [4.69, 9.17) is 19.6 Å². The second kappa shape index (κ2) is 10.6. The van der Waals surface area contributed by atoms with Crippen LogP contribution in [-0.4, -0.2) is 26.4 Å². The van der Waals surface area contributed by atoms with E-state index in [-0.39, 0.29) is 23.9 Å². The lowest BCUT2D eigenvalue weighted by Gasteiger charge is -2.07. The van der Waals surface area contributed by atoms with Crippen LogP contribution < -0.4 is 19.9 Å². The Hall–Kier alpha value is -4.15. The molecule has 10 heteroatoms. The fourth-order valence-corrected chi connectivity index (χ4v) is 4.27. The second-order valence-electron chi connectivity index (χ2n) is 7.88. The number of rotatable bonds is 9. The summed E-state index contributed by atoms with van der Waals surface area (Å²) >= 11 is 0. The van der Waals surface area contributed by atoms with E-state index in [0.717, 1.165) is 16.9 Å². The lowest BCUT2D eigenvalue weighted by molar-refractivity contribution is 0.0953. The zero-order valence-electron chi connectivity index (χ0n) is 19.7. The van der Waals surface area contributed by atoms with Crippen molar-refractivity contribution in [2.75, 3.05) is 7.11 Å². The summed E-state index contributed by atoms with van der Waals surface area (Å²) < 4.78 is 43.4. The first kappa shape index (κ1) is 25.0. The maximum Gasteiger partial charge on any atom is 0.300 e. The number of nitrogens with zero attached hydrogens (tertiary/aromatic N) is 1. The van der Waals surface area contributed by atoms with Gasteiger partial charge in [-0.05, 0) is 60.0 Å². The molecule has 186 valence electrons. The lowest BCUT2D eigenvalue weighted by Crippen LogP contribution is -2.31. The predicted octanol–water partition coefficient (Wildman–Crippen LogP) is 3.82. The quantitative estimate of drug-likeness (QED) is 0.349. The number of hydrogen-bond donors (Lipinski definition) is 2. The maximum absolute atomic E-state index is 12.5. The molecule has 9 nitrogen and oxygen atoms in total. The molecular formula is C26H25N3O6S. The molecule has 36 heavy (non-hydrogen) atoms. The number of nitrogens with one attached hydrogen (secondary N) is 1. The van der Waals surface area contributed by atoms with Crippen molar-refractivity contribution in [2.45, 2.75) is 25.1 Å². The van der Waals surface area contributed by atoms with Gasteiger partial charge in [0, 0.05) is 18.3 Å². The highest BCUT2D eigenvalue weighted by Gasteiger charge is 2.23. The summed E-state index contributed by atoms with van der Waals surface area (Å²) in [7, 11) is -2.55. The van der Waals surface area contributed by atoms with Crippen LogP contribution in [0.1, 0.15) is 27.4 Å². The van der Waals surface area contributed by atoms with Gasteiger partial charge < -0.3 is 19.6 Å². The summed E-state index contributed by atoms with van der Waals surface area (Å²) in [6, 6.07) is 19.6. The summed E-state index contributed by atoms with van der Waals surface area (Å²) in [5.41, 5.74) is 8.85. The van der Waals surface area contributed by atoms with Gasteiger partial charge in [-0.1, -0.05) is 30.3 Å². The van der Waals surface area contributed by atoms with Gasteiger partial charge in [-0.3, -0.25) is 4.79 Å². The Morgan fingerprint density at radius 1 is 1.00 bits per heavy atom. The molecule has 0 saturated carbocycles. The number of hydrogen-bond acceptors (Lipinski definition) is 8. The zero-order valence-corrected chi connectivity index (χ0v) is 20.5. The number of sulfonamides is 1. The molecule has 4 rings (SSSR count). The molecule has 0 aliphatic carbocycles. The molecule has 0 aliphatic rings. The summed E-state index contributed by atoms with van der Waals surface area (Å²) in [4.78, 5) is 16.4. The topological polar surface area (TPSA) is 134 Å². The molecule has 2 aromatic heterocycles. The molecule has 0 fully saturated rings. The molecule has 0 saturated heterocycles. The summed E-state index contributed by atoms with van der Waals surface area (Å²) in [6.45, 7) is 2.03. The van der Waals surface area contributed by atoms with E-state index in [1.807, 2.05) is 53.3 Å². The molecule has 1 amide bonds. The largest absolute Gasteiger partial charge is 0.497 e. The van der Waals surface area contributed by atoms with Gasteiger partial charge >= 0.3 is 5.91 Å². The highest BCUT2D eigenvalue weighted by atomic mass is 32.2. The van der Waals surface area contributed by atoms with Gasteiger partial charge in [0.2, 0.25) is 0 Å². The van der Waals surface area contributed by atoms with Crippen molar-refractivity contribution in [3.05, 3.63) is 95.6 Å². The van der Waals surface area contributed by atoms with E-state index >= 15 is 0 Å². The molecule has 0 aliphatic heterocycles. The van der Waals surface area contributed by atoms with Crippen LogP contribution >= 0.6 is 0 Å². The van der Waals surface area contributed by atoms with E-state index in [9.17, 15) is 13.2 Å². The Bertz CT molecular complexity index is 1450. The van der Waals surface area contributed by atoms with Crippen molar-refractivity contribution in [3.63, 3.8) is 0 Å². The third-order valence-electron chi connectivity index (χ3n) is 5.45. The Kier molecular flexibility index (Phi) is 7.37. The van der Waals surface area contributed by atoms with Crippen LogP contribution in [0.4, 0.5) is 0 Å². The molecule has 3 N–H and O–H groups in total. The van der Waals surface area contributed by atoms with Crippen molar-refractivity contribution < 1.29 is 27.1 Å². The summed E-state index contributed by atoms with van der Waals surface area (Å²) in [5, 5.41) is -0.294. The van der Waals surface area contributed by atoms with Gasteiger partial charge in [0.25, 0.3) is 10.0 Å². The van der Waals surface area contributed by atoms with Crippen molar-refractivity contribution >= 4 is 15.9 Å². The molecule has 0 spiro atoms. The standard InChI is InChI=1S/C26H25N3O6S/c1-17-21(16-34-23-10-6-20(7-11-23)19-4-8-22(33-2)9-5-19)13-24(35-17)26(30)29-36(31,32)25-12-3-18(14-27)15-28-25/h3-13,15H,14,16,27H2,1-2H3,(H,29,30). The fraction of sp³-hybridized carbons (Fsp3) is 0.154. The van der Waals surface area contributed by atoms with Gasteiger partial charge in [0.1, 0.15) is 23.9 Å². The van der Waals surface area contributed by atoms with E-state index < -0.39 is 15.9 Å². The van der Waals surface area contributed by atoms with Crippen LogP contribution in [0.15, 0.2) is 82.4 Å². The Morgan fingerprint density at radius 3 is 2.19 bits per heavy atom. The fourth-order valence-electron chi connectivity index (χ4n) is 3.38. The smallest absolute Gasteiger partial charge is 0.300 e. The highest BCUT2D eigenvalue weighted by molar-refractivity contribution is 7.90. The minimum absolute atomic E-state index is 0.138. The average Bonchev–Trinajstić information content (AvgIpc) is 3.28. The third kappa shape index (κ3) is 5.73. The number of furan rings is 1. The number of aryl methyl sites for hydroxylation is 1. The Labute approximate surface area is 208 Å². The Balaban J connectivity index is 1.39. The van der Waals surface area contributed by atoms with E-state index in [1.165, 1.54) is 24.4 Å². The Morgan fingerprint density at radius 2 is 1.64 bits per heavy atom. The maximum atomic E-state index is 12.5. The first-order valence-electron chi connectivity index (χ1n) is 11.0.